The number of para-hydroxylation sites is 1. The Morgan fingerprint density at radius 1 is 0.968 bits per heavy atom. The summed E-state index contributed by atoms with van der Waals surface area (Å²) in [5.74, 6) is 1.33. The highest BCUT2D eigenvalue weighted by Crippen LogP contribution is 2.42. The summed E-state index contributed by atoms with van der Waals surface area (Å²) in [4.78, 5) is 12.9. The molecule has 1 aromatic heterocycles. The highest BCUT2D eigenvalue weighted by Gasteiger charge is 2.25. The second-order valence-corrected chi connectivity index (χ2v) is 7.74. The molecular weight excluding hydrogens is 400 g/mol. The first-order valence-corrected chi connectivity index (χ1v) is 9.60. The van der Waals surface area contributed by atoms with Crippen molar-refractivity contribution in [2.75, 3.05) is 21.3 Å². The minimum Gasteiger partial charge on any atom is -0.507 e. The molecule has 0 radical (unpaired) electrons. The lowest BCUT2D eigenvalue weighted by Crippen LogP contribution is -2.28. The third-order valence-electron chi connectivity index (χ3n) is 4.42. The van der Waals surface area contributed by atoms with Crippen LogP contribution in [0.1, 0.15) is 20.8 Å². The molecule has 0 aliphatic carbocycles. The molecule has 0 saturated carbocycles. The van der Waals surface area contributed by atoms with E-state index in [0.29, 0.717) is 39.8 Å². The van der Waals surface area contributed by atoms with Gasteiger partial charge in [-0.3, -0.25) is 0 Å². The second-order valence-electron chi connectivity index (χ2n) is 7.74. The summed E-state index contributed by atoms with van der Waals surface area (Å²) in [5, 5.41) is 14.7. The summed E-state index contributed by atoms with van der Waals surface area (Å²) < 4.78 is 23.0. The number of hydrogen-bond acceptors (Lipinski definition) is 7. The van der Waals surface area contributed by atoms with Gasteiger partial charge in [-0.15, -0.1) is 0 Å². The molecule has 1 heterocycles. The molecular formula is C23H26N2O6. The van der Waals surface area contributed by atoms with Gasteiger partial charge >= 0.3 is 6.09 Å². The maximum absolute atomic E-state index is 12.9. The number of methoxy groups -OCH3 is 3. The Balaban J connectivity index is 2.23. The summed E-state index contributed by atoms with van der Waals surface area (Å²) in [6.07, 6.45) is -0.655. The van der Waals surface area contributed by atoms with Crippen LogP contribution in [0.15, 0.2) is 42.5 Å². The molecule has 31 heavy (non-hydrogen) atoms. The zero-order valence-electron chi connectivity index (χ0n) is 18.4. The normalized spacial score (nSPS) is 11.2. The van der Waals surface area contributed by atoms with Gasteiger partial charge in [0, 0.05) is 11.1 Å². The van der Waals surface area contributed by atoms with Gasteiger partial charge in [0.1, 0.15) is 11.4 Å². The van der Waals surface area contributed by atoms with Gasteiger partial charge < -0.3 is 24.1 Å². The van der Waals surface area contributed by atoms with E-state index in [2.05, 4.69) is 5.10 Å². The molecule has 0 unspecified atom stereocenters. The molecule has 8 heteroatoms. The van der Waals surface area contributed by atoms with Crippen LogP contribution in [0.5, 0.6) is 23.0 Å². The van der Waals surface area contributed by atoms with Gasteiger partial charge in [0.25, 0.3) is 0 Å². The van der Waals surface area contributed by atoms with Crippen molar-refractivity contribution >= 4 is 6.09 Å². The van der Waals surface area contributed by atoms with Crippen molar-refractivity contribution in [2.45, 2.75) is 26.4 Å². The number of hydrogen-bond donors (Lipinski definition) is 1. The number of ether oxygens (including phenoxy) is 4. The fourth-order valence-corrected chi connectivity index (χ4v) is 3.08. The number of nitrogens with zero attached hydrogens (tertiary/aromatic N) is 2. The van der Waals surface area contributed by atoms with Gasteiger partial charge in [-0.05, 0) is 51.1 Å². The van der Waals surface area contributed by atoms with E-state index in [1.807, 2.05) is 0 Å². The quantitative estimate of drug-likeness (QED) is 0.630. The monoisotopic (exact) mass is 426 g/mol. The maximum Gasteiger partial charge on any atom is 0.435 e. The fourth-order valence-electron chi connectivity index (χ4n) is 3.08. The van der Waals surface area contributed by atoms with E-state index in [9.17, 15) is 9.90 Å². The molecule has 0 fully saturated rings. The molecule has 0 bridgehead atoms. The van der Waals surface area contributed by atoms with Gasteiger partial charge in [-0.25, -0.2) is 4.79 Å². The Morgan fingerprint density at radius 3 is 2.10 bits per heavy atom. The summed E-state index contributed by atoms with van der Waals surface area (Å²) in [6.45, 7) is 5.33. The summed E-state index contributed by atoms with van der Waals surface area (Å²) in [7, 11) is 4.54. The number of aromatic nitrogens is 2. The summed E-state index contributed by atoms with van der Waals surface area (Å²) >= 11 is 0. The van der Waals surface area contributed by atoms with Crippen molar-refractivity contribution in [3.8, 4) is 45.5 Å². The zero-order chi connectivity index (χ0) is 22.8. The van der Waals surface area contributed by atoms with Gasteiger partial charge in [-0.1, -0.05) is 12.1 Å². The minimum atomic E-state index is -0.718. The molecule has 0 aliphatic rings. The molecule has 1 N–H and O–H groups in total. The number of rotatable bonds is 5. The lowest BCUT2D eigenvalue weighted by atomic mass is 10.1. The van der Waals surface area contributed by atoms with Crippen molar-refractivity contribution in [1.82, 2.24) is 9.78 Å². The van der Waals surface area contributed by atoms with Gasteiger partial charge in [0.15, 0.2) is 11.5 Å². The maximum atomic E-state index is 12.9. The van der Waals surface area contributed by atoms with Crippen LogP contribution < -0.4 is 14.2 Å². The van der Waals surface area contributed by atoms with E-state index >= 15 is 0 Å². The SMILES string of the molecule is COc1cc(-c2cc(-c3ccccc3O)nn2C(=O)OC(C)(C)C)cc(OC)c1OC. The van der Waals surface area contributed by atoms with E-state index in [1.54, 1.807) is 63.2 Å². The number of benzene rings is 2. The third kappa shape index (κ3) is 4.58. The molecule has 8 nitrogen and oxygen atoms in total. The van der Waals surface area contributed by atoms with Crippen LogP contribution in [0.2, 0.25) is 0 Å². The Labute approximate surface area is 180 Å². The Bertz CT molecular complexity index is 1070. The van der Waals surface area contributed by atoms with Crippen molar-refractivity contribution < 1.29 is 28.8 Å². The minimum absolute atomic E-state index is 0.0489. The smallest absolute Gasteiger partial charge is 0.435 e. The van der Waals surface area contributed by atoms with E-state index in [0.717, 1.165) is 4.68 Å². The van der Waals surface area contributed by atoms with E-state index in [1.165, 1.54) is 21.3 Å². The average molecular weight is 426 g/mol. The third-order valence-corrected chi connectivity index (χ3v) is 4.42. The molecule has 0 spiro atoms. The number of aromatic hydroxyl groups is 1. The first kappa shape index (κ1) is 22.0. The molecule has 3 aromatic rings. The molecule has 164 valence electrons. The summed E-state index contributed by atoms with van der Waals surface area (Å²) in [6, 6.07) is 11.9. The number of phenolic OH excluding ortho intramolecular Hbond substituents is 1. The van der Waals surface area contributed by atoms with Crippen molar-refractivity contribution in [3.63, 3.8) is 0 Å². The van der Waals surface area contributed by atoms with Gasteiger partial charge in [-0.2, -0.15) is 9.78 Å². The molecule has 0 amide bonds. The lowest BCUT2D eigenvalue weighted by Gasteiger charge is -2.20. The zero-order valence-corrected chi connectivity index (χ0v) is 18.4. The predicted molar refractivity (Wildman–Crippen MR) is 116 cm³/mol. The Kier molecular flexibility index (Phi) is 6.10. The van der Waals surface area contributed by atoms with E-state index < -0.39 is 11.7 Å². The Morgan fingerprint density at radius 2 is 1.58 bits per heavy atom. The first-order valence-electron chi connectivity index (χ1n) is 9.60. The highest BCUT2D eigenvalue weighted by molar-refractivity contribution is 5.83. The number of carbonyl (C=O) groups is 1. The van der Waals surface area contributed by atoms with Crippen LogP contribution in [0.3, 0.4) is 0 Å². The Hall–Kier alpha value is -3.68. The first-order chi connectivity index (χ1) is 14.7. The summed E-state index contributed by atoms with van der Waals surface area (Å²) in [5.41, 5.74) is 1.21. The van der Waals surface area contributed by atoms with Crippen LogP contribution in [0.4, 0.5) is 4.79 Å². The van der Waals surface area contributed by atoms with Crippen molar-refractivity contribution in [2.24, 2.45) is 0 Å². The molecule has 0 saturated heterocycles. The molecule has 0 aliphatic heterocycles. The standard InChI is InChI=1S/C23H26N2O6/c1-23(2,3)31-22(27)25-17(13-16(24-25)15-9-7-8-10-18(15)26)14-11-19(28-4)21(30-6)20(12-14)29-5/h7-13,26H,1-6H3. The number of phenols is 1. The van der Waals surface area contributed by atoms with Crippen molar-refractivity contribution in [3.05, 3.63) is 42.5 Å². The second kappa shape index (κ2) is 8.59. The van der Waals surface area contributed by atoms with Crippen LogP contribution in [-0.4, -0.2) is 47.9 Å². The molecule has 0 atom stereocenters. The topological polar surface area (TPSA) is 92.0 Å². The largest absolute Gasteiger partial charge is 0.507 e. The van der Waals surface area contributed by atoms with Crippen LogP contribution in [0.25, 0.3) is 22.5 Å². The number of carbonyl (C=O) groups excluding carboxylic acids is 1. The van der Waals surface area contributed by atoms with E-state index in [-0.39, 0.29) is 5.75 Å². The van der Waals surface area contributed by atoms with Gasteiger partial charge in [0.2, 0.25) is 5.75 Å². The molecule has 3 rings (SSSR count). The van der Waals surface area contributed by atoms with Crippen molar-refractivity contribution in [1.29, 1.82) is 0 Å². The predicted octanol–water partition coefficient (Wildman–Crippen LogP) is 4.73. The van der Waals surface area contributed by atoms with E-state index in [4.69, 9.17) is 18.9 Å². The highest BCUT2D eigenvalue weighted by atomic mass is 16.6. The van der Waals surface area contributed by atoms with Crippen LogP contribution >= 0.6 is 0 Å². The van der Waals surface area contributed by atoms with Crippen LogP contribution in [0, 0.1) is 0 Å². The van der Waals surface area contributed by atoms with Crippen LogP contribution in [-0.2, 0) is 4.74 Å². The molecule has 2 aromatic carbocycles. The van der Waals surface area contributed by atoms with Gasteiger partial charge in [0.05, 0.1) is 32.7 Å². The lowest BCUT2D eigenvalue weighted by molar-refractivity contribution is 0.0518. The average Bonchev–Trinajstić information content (AvgIpc) is 3.17. The fraction of sp³-hybridized carbons (Fsp3) is 0.304.